The number of hydrogen-bond acceptors (Lipinski definition) is 3. The van der Waals surface area contributed by atoms with E-state index >= 15 is 0 Å². The van der Waals surface area contributed by atoms with Crippen LogP contribution in [-0.4, -0.2) is 24.0 Å². The van der Waals surface area contributed by atoms with Crippen molar-refractivity contribution in [2.24, 2.45) is 0 Å². The average Bonchev–Trinajstić information content (AvgIpc) is 2.20. The molecule has 0 unspecified atom stereocenters. The number of benzene rings is 1. The normalized spacial score (nSPS) is 9.73. The molecule has 0 saturated heterocycles. The van der Waals surface area contributed by atoms with E-state index < -0.39 is 11.8 Å². The van der Waals surface area contributed by atoms with Crippen molar-refractivity contribution in [2.75, 3.05) is 7.11 Å². The maximum absolute atomic E-state index is 11.0. The SMILES string of the molecule is COc1cc(Cl)ccc1CC(=O)C(=O)O. The third kappa shape index (κ3) is 2.95. The number of Topliss-reactive ketones (excluding diaryl/α,β-unsaturated/α-hetero) is 1. The largest absolute Gasteiger partial charge is 0.496 e. The number of carbonyl (C=O) groups excluding carboxylic acids is 1. The summed E-state index contributed by atoms with van der Waals surface area (Å²) in [5, 5.41) is 8.92. The molecule has 1 aromatic carbocycles. The second-order valence-corrected chi connectivity index (χ2v) is 3.30. The van der Waals surface area contributed by atoms with E-state index in [-0.39, 0.29) is 6.42 Å². The lowest BCUT2D eigenvalue weighted by Crippen LogP contribution is -2.15. The Morgan fingerprint density at radius 3 is 2.67 bits per heavy atom. The zero-order valence-electron chi connectivity index (χ0n) is 7.99. The zero-order chi connectivity index (χ0) is 11.4. The molecule has 5 heteroatoms. The third-order valence-corrected chi connectivity index (χ3v) is 2.07. The van der Waals surface area contributed by atoms with Gasteiger partial charge in [0.1, 0.15) is 5.75 Å². The second-order valence-electron chi connectivity index (χ2n) is 2.86. The molecule has 0 bridgehead atoms. The Balaban J connectivity index is 2.94. The Kier molecular flexibility index (Phi) is 3.68. The number of rotatable bonds is 4. The molecule has 15 heavy (non-hydrogen) atoms. The molecule has 0 spiro atoms. The van der Waals surface area contributed by atoms with E-state index in [1.807, 2.05) is 0 Å². The molecule has 1 N–H and O–H groups in total. The van der Waals surface area contributed by atoms with Gasteiger partial charge in [0, 0.05) is 17.0 Å². The standard InChI is InChI=1S/C10H9ClO4/c1-15-9-5-7(11)3-2-6(9)4-8(12)10(13)14/h2-3,5H,4H2,1H3,(H,13,14). The molecule has 1 rings (SSSR count). The van der Waals surface area contributed by atoms with Crippen LogP contribution in [0.3, 0.4) is 0 Å². The topological polar surface area (TPSA) is 63.6 Å². The van der Waals surface area contributed by atoms with Crippen molar-refractivity contribution in [2.45, 2.75) is 6.42 Å². The number of methoxy groups -OCH3 is 1. The minimum Gasteiger partial charge on any atom is -0.496 e. The molecular formula is C10H9ClO4. The molecule has 0 aliphatic heterocycles. The molecule has 1 aromatic rings. The summed E-state index contributed by atoms with van der Waals surface area (Å²) in [6.07, 6.45) is -0.199. The monoisotopic (exact) mass is 228 g/mol. The first-order valence-electron chi connectivity index (χ1n) is 4.13. The van der Waals surface area contributed by atoms with E-state index in [1.54, 1.807) is 12.1 Å². The second kappa shape index (κ2) is 4.79. The Hall–Kier alpha value is -1.55. The molecule has 0 aromatic heterocycles. The Labute approximate surface area is 91.4 Å². The molecule has 4 nitrogen and oxygen atoms in total. The molecule has 0 radical (unpaired) electrons. The van der Waals surface area contributed by atoms with Crippen molar-refractivity contribution in [3.8, 4) is 5.75 Å². The zero-order valence-corrected chi connectivity index (χ0v) is 8.75. The van der Waals surface area contributed by atoms with Crippen molar-refractivity contribution in [1.82, 2.24) is 0 Å². The molecule has 0 heterocycles. The molecule has 0 aliphatic carbocycles. The fourth-order valence-electron chi connectivity index (χ4n) is 1.11. The predicted octanol–water partition coefficient (Wildman–Crippen LogP) is 1.54. The van der Waals surface area contributed by atoms with Gasteiger partial charge in [0.15, 0.2) is 0 Å². The van der Waals surface area contributed by atoms with Crippen molar-refractivity contribution < 1.29 is 19.4 Å². The van der Waals surface area contributed by atoms with Crippen LogP contribution in [0.25, 0.3) is 0 Å². The number of hydrogen-bond donors (Lipinski definition) is 1. The lowest BCUT2D eigenvalue weighted by molar-refractivity contribution is -0.148. The summed E-state index contributed by atoms with van der Waals surface area (Å²) < 4.78 is 4.98. The van der Waals surface area contributed by atoms with Crippen molar-refractivity contribution >= 4 is 23.4 Å². The lowest BCUT2D eigenvalue weighted by Gasteiger charge is -2.06. The summed E-state index contributed by atoms with van der Waals surface area (Å²) in [5.41, 5.74) is 0.509. The van der Waals surface area contributed by atoms with E-state index in [0.29, 0.717) is 16.3 Å². The minimum atomic E-state index is -1.45. The molecular weight excluding hydrogens is 220 g/mol. The quantitative estimate of drug-likeness (QED) is 0.794. The van der Waals surface area contributed by atoms with Gasteiger partial charge in [0.25, 0.3) is 0 Å². The van der Waals surface area contributed by atoms with Crippen LogP contribution in [-0.2, 0) is 16.0 Å². The van der Waals surface area contributed by atoms with Gasteiger partial charge < -0.3 is 9.84 Å². The van der Waals surface area contributed by atoms with Crippen LogP contribution in [0.5, 0.6) is 5.75 Å². The number of carboxylic acid groups (broad SMARTS) is 1. The number of aliphatic carboxylic acids is 1. The first-order valence-corrected chi connectivity index (χ1v) is 4.51. The van der Waals surface area contributed by atoms with Crippen LogP contribution < -0.4 is 4.74 Å². The van der Waals surface area contributed by atoms with Gasteiger partial charge >= 0.3 is 5.97 Å². The van der Waals surface area contributed by atoms with Gasteiger partial charge in [0.05, 0.1) is 7.11 Å². The Morgan fingerprint density at radius 2 is 2.13 bits per heavy atom. The minimum absolute atomic E-state index is 0.199. The summed E-state index contributed by atoms with van der Waals surface area (Å²) in [5.74, 6) is -1.92. The molecule has 0 saturated carbocycles. The van der Waals surface area contributed by atoms with Crippen molar-refractivity contribution in [3.05, 3.63) is 28.8 Å². The maximum Gasteiger partial charge on any atom is 0.372 e. The summed E-state index contributed by atoms with van der Waals surface area (Å²) in [6, 6.07) is 4.68. The maximum atomic E-state index is 11.0. The molecule has 80 valence electrons. The average molecular weight is 229 g/mol. The fraction of sp³-hybridized carbons (Fsp3) is 0.200. The highest BCUT2D eigenvalue weighted by Gasteiger charge is 2.15. The highest BCUT2D eigenvalue weighted by atomic mass is 35.5. The number of ketones is 1. The number of halogens is 1. The van der Waals surface area contributed by atoms with Gasteiger partial charge in [-0.3, -0.25) is 4.79 Å². The van der Waals surface area contributed by atoms with Crippen LogP contribution in [0.2, 0.25) is 5.02 Å². The van der Waals surface area contributed by atoms with Gasteiger partial charge in [-0.1, -0.05) is 17.7 Å². The van der Waals surface area contributed by atoms with Crippen LogP contribution in [0.1, 0.15) is 5.56 Å². The van der Waals surface area contributed by atoms with Gasteiger partial charge in [-0.05, 0) is 12.1 Å². The predicted molar refractivity (Wildman–Crippen MR) is 54.4 cm³/mol. The lowest BCUT2D eigenvalue weighted by atomic mass is 10.1. The van der Waals surface area contributed by atoms with Gasteiger partial charge in [-0.15, -0.1) is 0 Å². The Bertz CT molecular complexity index is 400. The van der Waals surface area contributed by atoms with Crippen LogP contribution in [0.4, 0.5) is 0 Å². The number of ether oxygens (including phenoxy) is 1. The van der Waals surface area contributed by atoms with Crippen molar-refractivity contribution in [3.63, 3.8) is 0 Å². The summed E-state index contributed by atoms with van der Waals surface area (Å²) in [6.45, 7) is 0. The van der Waals surface area contributed by atoms with Crippen LogP contribution in [0.15, 0.2) is 18.2 Å². The van der Waals surface area contributed by atoms with Gasteiger partial charge in [-0.2, -0.15) is 0 Å². The van der Waals surface area contributed by atoms with Crippen molar-refractivity contribution in [1.29, 1.82) is 0 Å². The van der Waals surface area contributed by atoms with E-state index in [9.17, 15) is 9.59 Å². The molecule has 0 aliphatic rings. The highest BCUT2D eigenvalue weighted by molar-refractivity contribution is 6.33. The third-order valence-electron chi connectivity index (χ3n) is 1.84. The highest BCUT2D eigenvalue weighted by Crippen LogP contribution is 2.23. The van der Waals surface area contributed by atoms with Crippen LogP contribution in [0, 0.1) is 0 Å². The van der Waals surface area contributed by atoms with Gasteiger partial charge in [0.2, 0.25) is 5.78 Å². The fourth-order valence-corrected chi connectivity index (χ4v) is 1.28. The molecule has 0 amide bonds. The van der Waals surface area contributed by atoms with Gasteiger partial charge in [-0.25, -0.2) is 4.79 Å². The molecule has 0 atom stereocenters. The number of carbonyl (C=O) groups is 2. The summed E-state index contributed by atoms with van der Waals surface area (Å²) in [4.78, 5) is 21.3. The van der Waals surface area contributed by atoms with E-state index in [1.165, 1.54) is 13.2 Å². The number of carboxylic acids is 1. The van der Waals surface area contributed by atoms with E-state index in [0.717, 1.165) is 0 Å². The summed E-state index contributed by atoms with van der Waals surface area (Å²) in [7, 11) is 1.43. The first kappa shape index (κ1) is 11.5. The van der Waals surface area contributed by atoms with E-state index in [4.69, 9.17) is 21.4 Å². The van der Waals surface area contributed by atoms with E-state index in [2.05, 4.69) is 0 Å². The molecule has 0 fully saturated rings. The summed E-state index contributed by atoms with van der Waals surface area (Å²) >= 11 is 5.71. The first-order chi connectivity index (χ1) is 7.04. The smallest absolute Gasteiger partial charge is 0.372 e. The van der Waals surface area contributed by atoms with Crippen LogP contribution >= 0.6 is 11.6 Å². The Morgan fingerprint density at radius 1 is 1.47 bits per heavy atom.